The summed E-state index contributed by atoms with van der Waals surface area (Å²) in [6.45, 7) is 2.16. The number of likely N-dealkylation sites (tertiary alicyclic amines) is 1. The van der Waals surface area contributed by atoms with Crippen molar-refractivity contribution in [3.05, 3.63) is 64.6 Å². The van der Waals surface area contributed by atoms with E-state index in [1.165, 1.54) is 0 Å². The summed E-state index contributed by atoms with van der Waals surface area (Å²) in [4.78, 5) is 6.55. The molecule has 1 N–H and O–H groups in total. The quantitative estimate of drug-likeness (QED) is 0.365. The Hall–Kier alpha value is -2.55. The van der Waals surface area contributed by atoms with E-state index in [9.17, 15) is 18.3 Å². The minimum atomic E-state index is -1.05. The van der Waals surface area contributed by atoms with Crippen molar-refractivity contribution in [3.8, 4) is 11.5 Å². The van der Waals surface area contributed by atoms with Crippen LogP contribution in [0.4, 0.5) is 13.2 Å². The number of piperidine rings is 1. The molecule has 5 nitrogen and oxygen atoms in total. The third kappa shape index (κ3) is 6.05. The van der Waals surface area contributed by atoms with E-state index in [-0.39, 0.29) is 18.6 Å². The van der Waals surface area contributed by atoms with E-state index in [1.54, 1.807) is 13.3 Å². The molecule has 1 fully saturated rings. The van der Waals surface area contributed by atoms with Gasteiger partial charge in [-0.15, -0.1) is 0 Å². The molecule has 4 rings (SSSR count). The van der Waals surface area contributed by atoms with Gasteiger partial charge in [-0.25, -0.2) is 13.2 Å². The maximum atomic E-state index is 13.8. The van der Waals surface area contributed by atoms with Gasteiger partial charge >= 0.3 is 0 Å². The molecule has 0 atom stereocenters. The molecule has 0 radical (unpaired) electrons. The van der Waals surface area contributed by atoms with Crippen molar-refractivity contribution in [1.29, 1.82) is 0 Å². The maximum absolute atomic E-state index is 13.8. The van der Waals surface area contributed by atoms with Crippen LogP contribution in [0, 0.1) is 22.9 Å². The van der Waals surface area contributed by atoms with Crippen molar-refractivity contribution in [2.45, 2.75) is 32.1 Å². The van der Waals surface area contributed by atoms with E-state index in [2.05, 4.69) is 9.88 Å². The summed E-state index contributed by atoms with van der Waals surface area (Å²) in [6.07, 6.45) is 5.77. The first-order valence-corrected chi connectivity index (χ1v) is 12.4. The number of nitrogens with zero attached hydrogens (tertiary/aromatic N) is 2. The molecule has 0 saturated carbocycles. The second-order valence-corrected chi connectivity index (χ2v) is 9.78. The molecule has 3 aromatic rings. The number of aromatic nitrogens is 1. The third-order valence-corrected chi connectivity index (χ3v) is 7.46. The number of aliphatic hydroxyl groups excluding tert-OH is 1. The highest BCUT2D eigenvalue weighted by atomic mass is 35.5. The number of benzene rings is 2. The van der Waals surface area contributed by atoms with Crippen LogP contribution in [-0.2, 0) is 6.42 Å². The van der Waals surface area contributed by atoms with Crippen LogP contribution in [0.5, 0.6) is 11.5 Å². The molecule has 1 aliphatic heterocycles. The minimum Gasteiger partial charge on any atom is -0.497 e. The first-order chi connectivity index (χ1) is 17.3. The van der Waals surface area contributed by atoms with Crippen LogP contribution in [0.25, 0.3) is 10.9 Å². The Morgan fingerprint density at radius 2 is 1.83 bits per heavy atom. The molecule has 0 amide bonds. The van der Waals surface area contributed by atoms with Gasteiger partial charge in [-0.3, -0.25) is 9.88 Å². The zero-order chi connectivity index (χ0) is 25.7. The Morgan fingerprint density at radius 1 is 1.11 bits per heavy atom. The standard InChI is InChI=1S/C27H30ClF3N2O3/c1-35-19-4-5-25-21(15-19)20(22(28)16-32-25)3-2-6-27(17-34)7-9-33(10-8-27)11-12-36-26-23(30)13-18(29)14-24(26)31/h4-5,13-16,34H,2-3,6-12,17H2,1H3. The fraction of sp³-hybridized carbons (Fsp3) is 0.444. The number of aryl methyl sites for hydroxylation is 1. The summed E-state index contributed by atoms with van der Waals surface area (Å²) >= 11 is 6.49. The molecular formula is C27H30ClF3N2O3. The zero-order valence-corrected chi connectivity index (χ0v) is 21.0. The third-order valence-electron chi connectivity index (χ3n) is 7.14. The summed E-state index contributed by atoms with van der Waals surface area (Å²) < 4.78 is 51.2. The molecule has 1 saturated heterocycles. The van der Waals surface area contributed by atoms with Crippen LogP contribution in [0.3, 0.4) is 0 Å². The predicted molar refractivity (Wildman–Crippen MR) is 133 cm³/mol. The molecule has 194 valence electrons. The average Bonchev–Trinajstić information content (AvgIpc) is 2.87. The molecule has 1 aliphatic rings. The average molecular weight is 523 g/mol. The molecule has 1 aromatic heterocycles. The first kappa shape index (κ1) is 26.5. The Kier molecular flexibility index (Phi) is 8.59. The van der Waals surface area contributed by atoms with Crippen molar-refractivity contribution in [1.82, 2.24) is 9.88 Å². The van der Waals surface area contributed by atoms with Crippen LogP contribution in [0.2, 0.25) is 5.02 Å². The summed E-state index contributed by atoms with van der Waals surface area (Å²) in [7, 11) is 1.63. The van der Waals surface area contributed by atoms with Gasteiger partial charge in [0.1, 0.15) is 18.2 Å². The number of methoxy groups -OCH3 is 1. The lowest BCUT2D eigenvalue weighted by atomic mass is 9.75. The minimum absolute atomic E-state index is 0.0860. The van der Waals surface area contributed by atoms with E-state index < -0.39 is 23.2 Å². The molecule has 0 aliphatic carbocycles. The van der Waals surface area contributed by atoms with Gasteiger partial charge in [0, 0.05) is 36.9 Å². The van der Waals surface area contributed by atoms with E-state index >= 15 is 0 Å². The van der Waals surface area contributed by atoms with E-state index in [4.69, 9.17) is 21.1 Å². The molecule has 0 spiro atoms. The lowest BCUT2D eigenvalue weighted by Gasteiger charge is -2.41. The highest BCUT2D eigenvalue weighted by Crippen LogP contribution is 2.37. The molecular weight excluding hydrogens is 493 g/mol. The number of pyridine rings is 1. The smallest absolute Gasteiger partial charge is 0.190 e. The van der Waals surface area contributed by atoms with Gasteiger partial charge in [0.15, 0.2) is 17.4 Å². The summed E-state index contributed by atoms with van der Waals surface area (Å²) in [6, 6.07) is 6.96. The van der Waals surface area contributed by atoms with Crippen LogP contribution >= 0.6 is 11.6 Å². The Morgan fingerprint density at radius 3 is 2.50 bits per heavy atom. The fourth-order valence-corrected chi connectivity index (χ4v) is 5.15. The van der Waals surface area contributed by atoms with E-state index in [0.29, 0.717) is 23.7 Å². The second-order valence-electron chi connectivity index (χ2n) is 9.37. The SMILES string of the molecule is COc1ccc2ncc(Cl)c(CCCC3(CO)CCN(CCOc4c(F)cc(F)cc4F)CC3)c2c1. The number of ether oxygens (including phenoxy) is 2. The number of halogens is 4. The van der Waals surface area contributed by atoms with Gasteiger partial charge in [-0.1, -0.05) is 11.6 Å². The van der Waals surface area contributed by atoms with Gasteiger partial charge in [0.25, 0.3) is 0 Å². The van der Waals surface area contributed by atoms with Crippen molar-refractivity contribution < 1.29 is 27.8 Å². The van der Waals surface area contributed by atoms with Gasteiger partial charge in [-0.2, -0.15) is 0 Å². The summed E-state index contributed by atoms with van der Waals surface area (Å²) in [5, 5.41) is 11.8. The summed E-state index contributed by atoms with van der Waals surface area (Å²) in [5.74, 6) is -2.89. The van der Waals surface area contributed by atoms with E-state index in [1.807, 2.05) is 18.2 Å². The van der Waals surface area contributed by atoms with E-state index in [0.717, 1.165) is 67.4 Å². The topological polar surface area (TPSA) is 54.8 Å². The maximum Gasteiger partial charge on any atom is 0.190 e. The zero-order valence-electron chi connectivity index (χ0n) is 20.2. The number of aliphatic hydroxyl groups is 1. The predicted octanol–water partition coefficient (Wildman–Crippen LogP) is 5.79. The second kappa shape index (κ2) is 11.7. The summed E-state index contributed by atoms with van der Waals surface area (Å²) in [5.41, 5.74) is 1.71. The lowest BCUT2D eigenvalue weighted by molar-refractivity contribution is 0.0313. The van der Waals surface area contributed by atoms with Crippen molar-refractivity contribution in [2.75, 3.05) is 40.0 Å². The number of rotatable bonds is 10. The molecule has 2 aromatic carbocycles. The Bertz CT molecular complexity index is 1180. The van der Waals surface area contributed by atoms with Crippen LogP contribution in [0.1, 0.15) is 31.2 Å². The Balaban J connectivity index is 1.30. The largest absolute Gasteiger partial charge is 0.497 e. The monoisotopic (exact) mass is 522 g/mol. The lowest BCUT2D eigenvalue weighted by Crippen LogP contribution is -2.43. The number of fused-ring (bicyclic) bond motifs is 1. The molecule has 0 bridgehead atoms. The number of hydrogen-bond donors (Lipinski definition) is 1. The molecule has 0 unspecified atom stereocenters. The Labute approximate surface area is 213 Å². The van der Waals surface area contributed by atoms with Crippen molar-refractivity contribution in [2.24, 2.45) is 5.41 Å². The number of hydrogen-bond acceptors (Lipinski definition) is 5. The van der Waals surface area contributed by atoms with Crippen molar-refractivity contribution in [3.63, 3.8) is 0 Å². The highest BCUT2D eigenvalue weighted by Gasteiger charge is 2.33. The molecule has 36 heavy (non-hydrogen) atoms. The normalized spacial score (nSPS) is 15.8. The van der Waals surface area contributed by atoms with Crippen LogP contribution in [0.15, 0.2) is 36.5 Å². The first-order valence-electron chi connectivity index (χ1n) is 12.1. The fourth-order valence-electron chi connectivity index (χ4n) is 4.91. The van der Waals surface area contributed by atoms with Crippen molar-refractivity contribution >= 4 is 22.5 Å². The van der Waals surface area contributed by atoms with Gasteiger partial charge in [-0.05, 0) is 74.4 Å². The van der Waals surface area contributed by atoms with Gasteiger partial charge in [0.05, 0.1) is 17.6 Å². The molecule has 9 heteroatoms. The highest BCUT2D eigenvalue weighted by molar-refractivity contribution is 6.32. The van der Waals surface area contributed by atoms with Crippen LogP contribution < -0.4 is 9.47 Å². The van der Waals surface area contributed by atoms with Gasteiger partial charge < -0.3 is 14.6 Å². The molecule has 2 heterocycles. The van der Waals surface area contributed by atoms with Crippen LogP contribution in [-0.4, -0.2) is 54.9 Å². The van der Waals surface area contributed by atoms with Gasteiger partial charge in [0.2, 0.25) is 0 Å².